The zero-order valence-corrected chi connectivity index (χ0v) is 8.88. The third kappa shape index (κ3) is 2.44. The van der Waals surface area contributed by atoms with Crippen molar-refractivity contribution in [2.45, 2.75) is 33.2 Å². The number of amidine groups is 1. The maximum Gasteiger partial charge on any atom is 0.0918 e. The van der Waals surface area contributed by atoms with E-state index in [9.17, 15) is 0 Å². The van der Waals surface area contributed by atoms with Gasteiger partial charge in [-0.3, -0.25) is 10.3 Å². The first kappa shape index (κ1) is 10.5. The van der Waals surface area contributed by atoms with Crippen LogP contribution in [0.25, 0.3) is 0 Å². The highest BCUT2D eigenvalue weighted by molar-refractivity contribution is 5.76. The Morgan fingerprint density at radius 2 is 2.08 bits per heavy atom. The van der Waals surface area contributed by atoms with Gasteiger partial charge in [0, 0.05) is 25.6 Å². The predicted molar refractivity (Wildman–Crippen MR) is 55.9 cm³/mol. The molecule has 76 valence electrons. The van der Waals surface area contributed by atoms with Crippen LogP contribution in [-0.2, 0) is 0 Å². The van der Waals surface area contributed by atoms with Gasteiger partial charge in [-0.25, -0.2) is 0 Å². The van der Waals surface area contributed by atoms with E-state index >= 15 is 0 Å². The second-order valence-corrected chi connectivity index (χ2v) is 4.35. The smallest absolute Gasteiger partial charge is 0.0918 e. The number of hydrogen-bond donors (Lipinski definition) is 2. The monoisotopic (exact) mass is 183 g/mol. The van der Waals surface area contributed by atoms with Gasteiger partial charge in [-0.2, -0.15) is 0 Å². The third-order valence-electron chi connectivity index (χ3n) is 3.43. The Labute approximate surface area is 80.8 Å². The van der Waals surface area contributed by atoms with Crippen molar-refractivity contribution in [1.82, 2.24) is 4.90 Å². The highest BCUT2D eigenvalue weighted by Gasteiger charge is 2.32. The van der Waals surface area contributed by atoms with E-state index in [1.165, 1.54) is 0 Å². The van der Waals surface area contributed by atoms with Gasteiger partial charge in [0.05, 0.1) is 5.84 Å². The molecule has 1 heterocycles. The van der Waals surface area contributed by atoms with Crippen LogP contribution in [0.5, 0.6) is 0 Å². The summed E-state index contributed by atoms with van der Waals surface area (Å²) >= 11 is 0. The molecule has 1 saturated heterocycles. The molecule has 1 rings (SSSR count). The van der Waals surface area contributed by atoms with Crippen LogP contribution < -0.4 is 5.73 Å². The minimum absolute atomic E-state index is 0.305. The summed E-state index contributed by atoms with van der Waals surface area (Å²) in [6.45, 7) is 8.99. The van der Waals surface area contributed by atoms with Crippen molar-refractivity contribution < 1.29 is 0 Å². The second kappa shape index (κ2) is 4.09. The molecule has 0 aromatic carbocycles. The van der Waals surface area contributed by atoms with Crippen molar-refractivity contribution in [3.8, 4) is 0 Å². The van der Waals surface area contributed by atoms with Crippen molar-refractivity contribution in [3.05, 3.63) is 0 Å². The summed E-state index contributed by atoms with van der Waals surface area (Å²) in [5.74, 6) is 1.85. The lowest BCUT2D eigenvalue weighted by Crippen LogP contribution is -2.32. The molecule has 1 aliphatic rings. The fourth-order valence-electron chi connectivity index (χ4n) is 2.07. The highest BCUT2D eigenvalue weighted by Crippen LogP contribution is 2.28. The summed E-state index contributed by atoms with van der Waals surface area (Å²) in [5.41, 5.74) is 5.34. The fourth-order valence-corrected chi connectivity index (χ4v) is 2.07. The first-order chi connectivity index (χ1) is 6.02. The van der Waals surface area contributed by atoms with Gasteiger partial charge < -0.3 is 5.73 Å². The van der Waals surface area contributed by atoms with Gasteiger partial charge in [0.25, 0.3) is 0 Å². The Morgan fingerprint density at radius 1 is 1.46 bits per heavy atom. The van der Waals surface area contributed by atoms with Crippen LogP contribution in [0.2, 0.25) is 0 Å². The summed E-state index contributed by atoms with van der Waals surface area (Å²) in [4.78, 5) is 2.44. The van der Waals surface area contributed by atoms with Crippen LogP contribution >= 0.6 is 0 Å². The van der Waals surface area contributed by atoms with Gasteiger partial charge in [0.1, 0.15) is 0 Å². The van der Waals surface area contributed by atoms with E-state index in [2.05, 4.69) is 25.7 Å². The van der Waals surface area contributed by atoms with E-state index in [1.807, 2.05) is 0 Å². The first-order valence-corrected chi connectivity index (χ1v) is 5.09. The molecule has 3 heteroatoms. The van der Waals surface area contributed by atoms with Crippen molar-refractivity contribution in [3.63, 3.8) is 0 Å². The molecular formula is C10H21N3. The molecule has 13 heavy (non-hydrogen) atoms. The van der Waals surface area contributed by atoms with Crippen molar-refractivity contribution in [2.24, 2.45) is 17.6 Å². The van der Waals surface area contributed by atoms with Crippen molar-refractivity contribution in [2.75, 3.05) is 13.1 Å². The lowest BCUT2D eigenvalue weighted by molar-refractivity contribution is 0.254. The zero-order valence-electron chi connectivity index (χ0n) is 8.88. The quantitative estimate of drug-likeness (QED) is 0.511. The lowest BCUT2D eigenvalue weighted by Gasteiger charge is -2.22. The molecular weight excluding hydrogens is 162 g/mol. The summed E-state index contributed by atoms with van der Waals surface area (Å²) in [6.07, 6.45) is 0.712. The van der Waals surface area contributed by atoms with Crippen LogP contribution in [0.15, 0.2) is 0 Å². The molecule has 0 amide bonds. The molecule has 3 atom stereocenters. The molecule has 0 aromatic heterocycles. The van der Waals surface area contributed by atoms with Crippen LogP contribution in [0.1, 0.15) is 27.2 Å². The molecule has 3 nitrogen and oxygen atoms in total. The number of nitrogens with one attached hydrogen (secondary N) is 1. The second-order valence-electron chi connectivity index (χ2n) is 4.35. The Bertz CT molecular complexity index is 191. The van der Waals surface area contributed by atoms with Crippen molar-refractivity contribution >= 4 is 5.84 Å². The highest BCUT2D eigenvalue weighted by atomic mass is 15.2. The number of likely N-dealkylation sites (tertiary alicyclic amines) is 1. The summed E-state index contributed by atoms with van der Waals surface area (Å²) in [6, 6.07) is 0.648. The van der Waals surface area contributed by atoms with Gasteiger partial charge in [-0.1, -0.05) is 13.8 Å². The number of hydrogen-bond acceptors (Lipinski definition) is 2. The van der Waals surface area contributed by atoms with E-state index < -0.39 is 0 Å². The topological polar surface area (TPSA) is 53.1 Å². The summed E-state index contributed by atoms with van der Waals surface area (Å²) in [7, 11) is 0. The Hall–Kier alpha value is -0.570. The Balaban J connectivity index is 2.40. The SMILES string of the molecule is CC1CN(CCC(=N)N)C(C)C1C. The molecule has 0 spiro atoms. The average Bonchev–Trinajstić information content (AvgIpc) is 2.29. The van der Waals surface area contributed by atoms with E-state index in [4.69, 9.17) is 11.1 Å². The van der Waals surface area contributed by atoms with Gasteiger partial charge in [-0.05, 0) is 18.8 Å². The summed E-state index contributed by atoms with van der Waals surface area (Å²) < 4.78 is 0. The molecule has 3 unspecified atom stereocenters. The van der Waals surface area contributed by atoms with Crippen LogP contribution in [-0.4, -0.2) is 29.9 Å². The van der Waals surface area contributed by atoms with Crippen LogP contribution in [0, 0.1) is 17.2 Å². The Morgan fingerprint density at radius 3 is 2.46 bits per heavy atom. The fraction of sp³-hybridized carbons (Fsp3) is 0.900. The Kier molecular flexibility index (Phi) is 3.31. The third-order valence-corrected chi connectivity index (χ3v) is 3.43. The van der Waals surface area contributed by atoms with E-state index in [1.54, 1.807) is 0 Å². The van der Waals surface area contributed by atoms with Gasteiger partial charge in [0.15, 0.2) is 0 Å². The summed E-state index contributed by atoms with van der Waals surface area (Å²) in [5, 5.41) is 7.18. The maximum atomic E-state index is 7.18. The molecule has 1 aliphatic heterocycles. The standard InChI is InChI=1S/C10H21N3/c1-7-6-13(5-4-10(11)12)9(3)8(7)2/h7-9H,4-6H2,1-3H3,(H3,11,12). The largest absolute Gasteiger partial charge is 0.388 e. The van der Waals surface area contributed by atoms with E-state index in [-0.39, 0.29) is 0 Å². The molecule has 1 fully saturated rings. The average molecular weight is 183 g/mol. The van der Waals surface area contributed by atoms with E-state index in [0.717, 1.165) is 24.9 Å². The number of rotatable bonds is 3. The maximum absolute atomic E-state index is 7.18. The number of nitrogens with two attached hydrogens (primary N) is 1. The van der Waals surface area contributed by atoms with Gasteiger partial charge >= 0.3 is 0 Å². The lowest BCUT2D eigenvalue weighted by atomic mass is 9.95. The van der Waals surface area contributed by atoms with Crippen LogP contribution in [0.3, 0.4) is 0 Å². The predicted octanol–water partition coefficient (Wildman–Crippen LogP) is 1.29. The van der Waals surface area contributed by atoms with E-state index in [0.29, 0.717) is 18.3 Å². The minimum atomic E-state index is 0.305. The molecule has 3 N–H and O–H groups in total. The normalized spacial score (nSPS) is 35.2. The van der Waals surface area contributed by atoms with Crippen molar-refractivity contribution in [1.29, 1.82) is 5.41 Å². The number of nitrogens with zero attached hydrogens (tertiary/aromatic N) is 1. The molecule has 0 aromatic rings. The van der Waals surface area contributed by atoms with Gasteiger partial charge in [0.2, 0.25) is 0 Å². The molecule has 0 aliphatic carbocycles. The molecule has 0 radical (unpaired) electrons. The molecule has 0 saturated carbocycles. The van der Waals surface area contributed by atoms with Gasteiger partial charge in [-0.15, -0.1) is 0 Å². The molecule has 0 bridgehead atoms. The van der Waals surface area contributed by atoms with Crippen LogP contribution in [0.4, 0.5) is 0 Å². The minimum Gasteiger partial charge on any atom is -0.388 e. The zero-order chi connectivity index (χ0) is 10.0. The first-order valence-electron chi connectivity index (χ1n) is 5.09.